The van der Waals surface area contributed by atoms with E-state index in [2.05, 4.69) is 28.8 Å². The lowest BCUT2D eigenvalue weighted by Gasteiger charge is -2.30. The van der Waals surface area contributed by atoms with Gasteiger partial charge in [-0.15, -0.1) is 58.0 Å². The predicted octanol–water partition coefficient (Wildman–Crippen LogP) is 6.21. The summed E-state index contributed by atoms with van der Waals surface area (Å²) in [5.41, 5.74) is -4.74. The van der Waals surface area contributed by atoms with Crippen LogP contribution in [0.1, 0.15) is 148 Å². The molecule has 1 aromatic carbocycles. The van der Waals surface area contributed by atoms with Gasteiger partial charge >= 0.3 is 28.4 Å². The molecule has 0 bridgehead atoms. The number of nitrogens with zero attached hydrogens (tertiary/aromatic N) is 7. The van der Waals surface area contributed by atoms with Crippen LogP contribution in [0.3, 0.4) is 0 Å². The van der Waals surface area contributed by atoms with Crippen molar-refractivity contribution in [3.05, 3.63) is 185 Å². The number of methoxy groups -OCH3 is 1. The fourth-order valence-corrected chi connectivity index (χ4v) is 14.8. The van der Waals surface area contributed by atoms with Crippen molar-refractivity contribution in [3.8, 4) is 5.75 Å². The Balaban J connectivity index is 0.000000462. The minimum Gasteiger partial charge on any atom is -0.497 e. The number of benzene rings is 1. The lowest BCUT2D eigenvalue weighted by atomic mass is 9.84. The molecule has 616 valence electrons. The van der Waals surface area contributed by atoms with Crippen molar-refractivity contribution in [2.24, 2.45) is 17.8 Å². The van der Waals surface area contributed by atoms with Crippen LogP contribution in [0.25, 0.3) is 0 Å². The van der Waals surface area contributed by atoms with Crippen LogP contribution in [0.2, 0.25) is 0 Å². The molecule has 0 aliphatic carbocycles. The zero-order valence-corrected chi connectivity index (χ0v) is 61.4. The summed E-state index contributed by atoms with van der Waals surface area (Å²) in [7, 11) is 1.57. The quantitative estimate of drug-likeness (QED) is 0.0431. The predicted molar refractivity (Wildman–Crippen MR) is 410 cm³/mol. The maximum Gasteiger partial charge on any atom is 0.351 e. The van der Waals surface area contributed by atoms with Gasteiger partial charge in [0.2, 0.25) is 0 Å². The Kier molecular flexibility index (Phi) is 37.1. The van der Waals surface area contributed by atoms with E-state index >= 15 is 0 Å². The number of aliphatic hydroxyl groups excluding tert-OH is 5. The highest BCUT2D eigenvalue weighted by molar-refractivity contribution is 6.22. The number of hydrogen-bond acceptors (Lipinski definition) is 22. The molecule has 10 N–H and O–H groups in total. The van der Waals surface area contributed by atoms with Crippen molar-refractivity contribution in [2.75, 3.05) is 52.7 Å². The average molecular weight is 1650 g/mol. The second-order valence-corrected chi connectivity index (χ2v) is 28.0. The van der Waals surface area contributed by atoms with Crippen molar-refractivity contribution in [3.63, 3.8) is 0 Å². The van der Waals surface area contributed by atoms with Gasteiger partial charge in [-0.1, -0.05) is 97.7 Å². The number of nitrogens with one attached hydrogen (secondary N) is 3. The summed E-state index contributed by atoms with van der Waals surface area (Å²) in [6.07, 6.45) is 1.89. The van der Waals surface area contributed by atoms with Gasteiger partial charge in [-0.05, 0) is 49.4 Å². The van der Waals surface area contributed by atoms with E-state index in [4.69, 9.17) is 97.3 Å². The molecule has 19 atom stereocenters. The first-order valence-corrected chi connectivity index (χ1v) is 35.0. The highest BCUT2D eigenvalue weighted by Gasteiger charge is 2.58. The van der Waals surface area contributed by atoms with E-state index in [0.29, 0.717) is 18.6 Å². The van der Waals surface area contributed by atoms with E-state index in [9.17, 15) is 76.7 Å². The van der Waals surface area contributed by atoms with Gasteiger partial charge in [-0.25, -0.2) is 37.1 Å². The molecule has 10 heterocycles. The number of nitrogens with two attached hydrogens (primary N) is 1. The molecule has 5 aliphatic heterocycles. The molecule has 11 rings (SSSR count). The van der Waals surface area contributed by atoms with Gasteiger partial charge in [0, 0.05) is 73.0 Å². The van der Waals surface area contributed by atoms with Crippen molar-refractivity contribution < 1.29 is 67.1 Å². The third kappa shape index (κ3) is 20.0. The van der Waals surface area contributed by atoms with Gasteiger partial charge in [-0.2, -0.15) is 4.98 Å². The number of nitrogen functional groups attached to an aromatic ring is 1. The number of aliphatic hydroxyl groups is 5. The number of H-pyrrole nitrogens is 3. The minimum atomic E-state index is -1.87. The SMILES string of the molecule is C.C.C.C.C.CCC1(CC)O[C@@H](n2ccc(=O)[nH]c2=O)[C@H](Cl)[C@@H]1C.CC[C@@]1(CF)O[C@@H](n2ccc(=O)[nH]c2=O)[C@H](Cl)[C@@H]1C.CC[C@@]1(CO)O[C@@H](n2ccc(=O)n(Cc3ccc(OC)cc3)c2=O)[C@H](Cl)[C@@H]1C.Nc1ccn([C@@H]2O[C@@](CO)(CF)[C@@H](O)[C@H]2Cl)c(=O)n1.O=c1ccn([C@@H]2O[C@@](CO)(CF)[C@@H](O)[C@H]2Cl)c(=O)[nH]1. The third-order valence-electron chi connectivity index (χ3n) is 20.0. The van der Waals surface area contributed by atoms with E-state index in [-0.39, 0.29) is 84.8 Å². The molecule has 5 saturated heterocycles. The summed E-state index contributed by atoms with van der Waals surface area (Å²) in [5, 5.41) is 44.3. The second-order valence-electron chi connectivity index (χ2n) is 25.5. The van der Waals surface area contributed by atoms with Gasteiger partial charge in [-0.3, -0.25) is 61.5 Å². The van der Waals surface area contributed by atoms with E-state index in [0.717, 1.165) is 44.4 Å². The smallest absolute Gasteiger partial charge is 0.351 e. The first kappa shape index (κ1) is 98.3. The number of alkyl halides is 8. The molecule has 0 radical (unpaired) electrons. The summed E-state index contributed by atoms with van der Waals surface area (Å²) in [6.45, 7) is 9.00. The summed E-state index contributed by atoms with van der Waals surface area (Å²) < 4.78 is 79.7. The zero-order valence-electron chi connectivity index (χ0n) is 57.6. The largest absolute Gasteiger partial charge is 0.497 e. The van der Waals surface area contributed by atoms with Crippen LogP contribution in [-0.4, -0.2) is 187 Å². The standard InChI is InChI=1S/C20H25ClN2O5.C13H19ClN2O3.C12H16ClFN2O3.C10H13ClFN3O4.C10H12ClFN2O5.5CH4/c1-4-20(12-24)13(2)17(21)18(28-20)22-10-9-16(25)23(19(22)26)11-14-5-7-15(27-3)8-6-14;1-4-13(5-2)8(3)10(14)11(19-13)16-7-6-9(17)15-12(16)18;1-3-12(6-14)7(2)9(13)10(19-12)16-5-4-8(17)15-11(16)18;11-6-7(17)10(3-12,4-16)19-8(6)15-2-1-5(13)14-9(15)18;11-6-7(17)10(3-12,4-15)19-8(6)14-2-1-5(16)13-9(14)18;;;;;/h5-10,13,17-18,24H,4,11-12H2,1-3H3;6-8,10-11H,4-5H2,1-3H3,(H,15,17,18);4-5,7,9-10H,3,6H2,1-2H3,(H,15,17,18);1-2,6-8,16-17H,3-4H2,(H2,13,14,18);1-2,6-8,15,17H,3-4H2,(H,13,16,18);5*1H4/t13-,17+,18+,20-;8-,10+,11+;7-,9+,10+,12-;2*6-,7+,8-,10-;;;;;/m00011...../s1. The number of ether oxygens (including phenoxy) is 6. The van der Waals surface area contributed by atoms with Gasteiger partial charge in [0.15, 0.2) is 31.1 Å². The van der Waals surface area contributed by atoms with E-state index in [1.807, 2.05) is 32.7 Å². The Morgan fingerprint density at radius 3 is 1.11 bits per heavy atom. The monoisotopic (exact) mass is 1650 g/mol. The Morgan fingerprint density at radius 2 is 0.789 bits per heavy atom. The normalized spacial score (nSPS) is 30.2. The second kappa shape index (κ2) is 41.2. The number of rotatable bonds is 18. The number of aromatic nitrogens is 10. The molecule has 5 aromatic heterocycles. The third-order valence-corrected chi connectivity index (χ3v) is 22.7. The van der Waals surface area contributed by atoms with Gasteiger partial charge < -0.3 is 59.7 Å². The minimum absolute atomic E-state index is 0. The lowest BCUT2D eigenvalue weighted by molar-refractivity contribution is -0.137. The van der Waals surface area contributed by atoms with Gasteiger partial charge in [0.1, 0.15) is 71.4 Å². The van der Waals surface area contributed by atoms with Crippen molar-refractivity contribution in [1.29, 1.82) is 0 Å². The summed E-state index contributed by atoms with van der Waals surface area (Å²) in [4.78, 5) is 115. The molecule has 31 nitrogen and oxygen atoms in total. The molecular weight excluding hydrogens is 1550 g/mol. The van der Waals surface area contributed by atoms with Crippen molar-refractivity contribution in [1.82, 2.24) is 47.3 Å². The number of hydrogen-bond donors (Lipinski definition) is 9. The van der Waals surface area contributed by atoms with Crippen molar-refractivity contribution in [2.45, 2.75) is 216 Å². The molecule has 39 heteroatoms. The van der Waals surface area contributed by atoms with Crippen LogP contribution in [0.5, 0.6) is 5.75 Å². The molecule has 0 unspecified atom stereocenters. The molecule has 6 aromatic rings. The fraction of sp³-hybridized carbons (Fsp3) is 0.629. The Bertz CT molecular complexity index is 4190. The van der Waals surface area contributed by atoms with Crippen LogP contribution in [0.4, 0.5) is 19.0 Å². The molecule has 5 fully saturated rings. The van der Waals surface area contributed by atoms with Crippen molar-refractivity contribution >= 4 is 63.8 Å². The Hall–Kier alpha value is -6.74. The number of halogens is 8. The molecule has 0 saturated carbocycles. The highest BCUT2D eigenvalue weighted by Crippen LogP contribution is 2.49. The first-order chi connectivity index (χ1) is 49.2. The summed E-state index contributed by atoms with van der Waals surface area (Å²) >= 11 is 31.1. The molecule has 0 spiro atoms. The van der Waals surface area contributed by atoms with Gasteiger partial charge in [0.05, 0.1) is 60.8 Å². The average Bonchev–Trinajstić information content (AvgIpc) is 1.66. The van der Waals surface area contributed by atoms with Crippen LogP contribution in [0, 0.1) is 17.8 Å². The Morgan fingerprint density at radius 1 is 0.468 bits per heavy atom. The first-order valence-electron chi connectivity index (χ1n) is 32.9. The van der Waals surface area contributed by atoms with Crippen LogP contribution < -0.4 is 61.2 Å². The summed E-state index contributed by atoms with van der Waals surface area (Å²) in [5.74, 6) is 0.439. The maximum absolute atomic E-state index is 13.3. The highest BCUT2D eigenvalue weighted by atomic mass is 35.5. The van der Waals surface area contributed by atoms with Crippen LogP contribution >= 0.6 is 58.0 Å². The lowest BCUT2D eigenvalue weighted by Crippen LogP contribution is -2.47. The Labute approximate surface area is 652 Å². The van der Waals surface area contributed by atoms with Gasteiger partial charge in [0.25, 0.3) is 22.2 Å². The topological polar surface area (TPSA) is 426 Å². The number of aromatic amines is 3. The molecule has 0 amide bonds. The zero-order chi connectivity index (χ0) is 77.3. The van der Waals surface area contributed by atoms with Crippen LogP contribution in [0.15, 0.2) is 129 Å². The molecule has 5 aliphatic rings. The van der Waals surface area contributed by atoms with Crippen LogP contribution in [-0.2, 0) is 30.2 Å². The molecular formula is C70H105Cl5F3N11O20. The van der Waals surface area contributed by atoms with E-state index in [1.165, 1.54) is 62.8 Å². The number of anilines is 1. The molecule has 109 heavy (non-hydrogen) atoms. The maximum atomic E-state index is 13.3. The van der Waals surface area contributed by atoms with E-state index < -0.39 is 171 Å². The summed E-state index contributed by atoms with van der Waals surface area (Å²) in [6, 6.07) is 13.4. The fourth-order valence-electron chi connectivity index (χ4n) is 12.8. The van der Waals surface area contributed by atoms with E-state index in [1.54, 1.807) is 38.3 Å².